The van der Waals surface area contributed by atoms with Crippen molar-refractivity contribution in [1.29, 1.82) is 0 Å². The van der Waals surface area contributed by atoms with Gasteiger partial charge in [0.05, 0.1) is 6.61 Å². The smallest absolute Gasteiger partial charge is 0.332 e. The maximum absolute atomic E-state index is 11.0. The fraction of sp³-hybridized carbons (Fsp3) is 0.312. The molecule has 0 aromatic heterocycles. The number of carbonyl (C=O) groups is 1. The van der Waals surface area contributed by atoms with Gasteiger partial charge in [-0.1, -0.05) is 36.4 Å². The number of hydrogen-bond acceptors (Lipinski definition) is 3. The molecule has 2 aromatic rings. The molecule has 0 fully saturated rings. The van der Waals surface area contributed by atoms with Crippen LogP contribution in [-0.2, 0) is 9.53 Å². The lowest BCUT2D eigenvalue weighted by atomic mass is 10.1. The van der Waals surface area contributed by atoms with Gasteiger partial charge in [0.2, 0.25) is 0 Å². The van der Waals surface area contributed by atoms with Gasteiger partial charge in [0.15, 0.2) is 6.10 Å². The van der Waals surface area contributed by atoms with Gasteiger partial charge in [0, 0.05) is 18.4 Å². The summed E-state index contributed by atoms with van der Waals surface area (Å²) in [7, 11) is 0. The van der Waals surface area contributed by atoms with E-state index in [9.17, 15) is 4.79 Å². The van der Waals surface area contributed by atoms with Crippen LogP contribution < -0.4 is 4.74 Å². The molecule has 1 N–H and O–H groups in total. The summed E-state index contributed by atoms with van der Waals surface area (Å²) in [4.78, 5) is 11.0. The molecule has 0 saturated heterocycles. The first kappa shape index (κ1) is 14.3. The molecule has 1 atom stereocenters. The molecular weight excluding hydrogens is 256 g/mol. The summed E-state index contributed by atoms with van der Waals surface area (Å²) in [5.41, 5.74) is 0. The van der Waals surface area contributed by atoms with Crippen molar-refractivity contribution in [2.24, 2.45) is 0 Å². The highest BCUT2D eigenvalue weighted by Gasteiger charge is 2.17. The lowest BCUT2D eigenvalue weighted by Gasteiger charge is -2.14. The SMILES string of the molecule is CCOC(CCOc1cccc2ccccc12)C(=O)O. The fourth-order valence-electron chi connectivity index (χ4n) is 2.08. The normalized spacial score (nSPS) is 12.2. The fourth-order valence-corrected chi connectivity index (χ4v) is 2.08. The molecule has 0 aliphatic rings. The number of benzene rings is 2. The Morgan fingerprint density at radius 3 is 2.70 bits per heavy atom. The minimum absolute atomic E-state index is 0.310. The minimum Gasteiger partial charge on any atom is -0.493 e. The summed E-state index contributed by atoms with van der Waals surface area (Å²) in [5.74, 6) is -0.183. The highest BCUT2D eigenvalue weighted by atomic mass is 16.5. The highest BCUT2D eigenvalue weighted by Crippen LogP contribution is 2.25. The number of carboxylic acids is 1. The average Bonchev–Trinajstić information content (AvgIpc) is 2.46. The molecule has 0 bridgehead atoms. The van der Waals surface area contributed by atoms with Gasteiger partial charge in [0.25, 0.3) is 0 Å². The summed E-state index contributed by atoms with van der Waals surface area (Å²) in [6.07, 6.45) is -0.484. The van der Waals surface area contributed by atoms with E-state index in [4.69, 9.17) is 14.6 Å². The zero-order chi connectivity index (χ0) is 14.4. The molecular formula is C16H18O4. The van der Waals surface area contributed by atoms with E-state index >= 15 is 0 Å². The van der Waals surface area contributed by atoms with Gasteiger partial charge in [-0.15, -0.1) is 0 Å². The van der Waals surface area contributed by atoms with E-state index in [-0.39, 0.29) is 0 Å². The number of fused-ring (bicyclic) bond motifs is 1. The van der Waals surface area contributed by atoms with Gasteiger partial charge in [-0.2, -0.15) is 0 Å². The van der Waals surface area contributed by atoms with Crippen LogP contribution in [-0.4, -0.2) is 30.4 Å². The first-order valence-corrected chi connectivity index (χ1v) is 6.67. The first-order valence-electron chi connectivity index (χ1n) is 6.67. The van der Waals surface area contributed by atoms with Crippen LogP contribution in [0.25, 0.3) is 10.8 Å². The van der Waals surface area contributed by atoms with E-state index in [0.717, 1.165) is 16.5 Å². The predicted octanol–water partition coefficient (Wildman–Crippen LogP) is 3.10. The number of rotatable bonds is 7. The van der Waals surface area contributed by atoms with Crippen LogP contribution in [0.3, 0.4) is 0 Å². The maximum Gasteiger partial charge on any atom is 0.332 e. The Labute approximate surface area is 117 Å². The van der Waals surface area contributed by atoms with E-state index in [1.54, 1.807) is 6.92 Å². The van der Waals surface area contributed by atoms with Gasteiger partial charge in [-0.3, -0.25) is 0 Å². The Hall–Kier alpha value is -2.07. The zero-order valence-corrected chi connectivity index (χ0v) is 11.4. The number of ether oxygens (including phenoxy) is 2. The van der Waals surface area contributed by atoms with Crippen molar-refractivity contribution in [3.05, 3.63) is 42.5 Å². The van der Waals surface area contributed by atoms with Crippen LogP contribution in [0.5, 0.6) is 5.75 Å². The number of carboxylic acid groups (broad SMARTS) is 1. The molecule has 2 aromatic carbocycles. The maximum atomic E-state index is 11.0. The van der Waals surface area contributed by atoms with Crippen molar-refractivity contribution >= 4 is 16.7 Å². The number of hydrogen-bond donors (Lipinski definition) is 1. The van der Waals surface area contributed by atoms with Crippen LogP contribution in [0, 0.1) is 0 Å². The largest absolute Gasteiger partial charge is 0.493 e. The second kappa shape index (κ2) is 6.91. The Kier molecular flexibility index (Phi) is 4.96. The van der Waals surface area contributed by atoms with Crippen molar-refractivity contribution in [2.45, 2.75) is 19.4 Å². The Bertz CT molecular complexity index is 574. The van der Waals surface area contributed by atoms with E-state index < -0.39 is 12.1 Å². The van der Waals surface area contributed by atoms with Crippen molar-refractivity contribution in [2.75, 3.05) is 13.2 Å². The van der Waals surface area contributed by atoms with E-state index in [0.29, 0.717) is 19.6 Å². The summed E-state index contributed by atoms with van der Waals surface area (Å²) in [6.45, 7) is 2.47. The third-order valence-corrected chi connectivity index (χ3v) is 3.03. The second-order valence-electron chi connectivity index (χ2n) is 4.40. The molecule has 0 saturated carbocycles. The zero-order valence-electron chi connectivity index (χ0n) is 11.4. The molecule has 0 aliphatic carbocycles. The quantitative estimate of drug-likeness (QED) is 0.843. The van der Waals surface area contributed by atoms with Crippen LogP contribution >= 0.6 is 0 Å². The molecule has 2 rings (SSSR count). The van der Waals surface area contributed by atoms with Gasteiger partial charge in [-0.05, 0) is 18.4 Å². The molecule has 106 valence electrons. The topological polar surface area (TPSA) is 55.8 Å². The second-order valence-corrected chi connectivity index (χ2v) is 4.40. The molecule has 20 heavy (non-hydrogen) atoms. The third-order valence-electron chi connectivity index (χ3n) is 3.03. The first-order chi connectivity index (χ1) is 9.72. The standard InChI is InChI=1S/C16H18O4/c1-2-19-15(16(17)18)10-11-20-14-9-5-7-12-6-3-4-8-13(12)14/h3-9,15H,2,10-11H2,1H3,(H,17,18). The van der Waals surface area contributed by atoms with E-state index in [1.165, 1.54) is 0 Å². The Morgan fingerprint density at radius 1 is 1.20 bits per heavy atom. The molecule has 1 unspecified atom stereocenters. The van der Waals surface area contributed by atoms with E-state index in [1.807, 2.05) is 42.5 Å². The van der Waals surface area contributed by atoms with Crippen molar-refractivity contribution in [3.8, 4) is 5.75 Å². The lowest BCUT2D eigenvalue weighted by Crippen LogP contribution is -2.26. The van der Waals surface area contributed by atoms with Gasteiger partial charge >= 0.3 is 5.97 Å². The number of aliphatic carboxylic acids is 1. The van der Waals surface area contributed by atoms with E-state index in [2.05, 4.69) is 0 Å². The Morgan fingerprint density at radius 2 is 1.95 bits per heavy atom. The highest BCUT2D eigenvalue weighted by molar-refractivity contribution is 5.88. The minimum atomic E-state index is -0.951. The van der Waals surface area contributed by atoms with Crippen molar-refractivity contribution in [1.82, 2.24) is 0 Å². The summed E-state index contributed by atoms with van der Waals surface area (Å²) in [6, 6.07) is 13.8. The average molecular weight is 274 g/mol. The monoisotopic (exact) mass is 274 g/mol. The molecule has 0 amide bonds. The van der Waals surface area contributed by atoms with Crippen LogP contribution in [0.4, 0.5) is 0 Å². The van der Waals surface area contributed by atoms with Crippen LogP contribution in [0.2, 0.25) is 0 Å². The van der Waals surface area contributed by atoms with Crippen LogP contribution in [0.15, 0.2) is 42.5 Å². The predicted molar refractivity (Wildman–Crippen MR) is 77.1 cm³/mol. The molecule has 4 nitrogen and oxygen atoms in total. The summed E-state index contributed by atoms with van der Waals surface area (Å²) >= 11 is 0. The summed E-state index contributed by atoms with van der Waals surface area (Å²) < 4.78 is 10.9. The lowest BCUT2D eigenvalue weighted by molar-refractivity contribution is -0.150. The van der Waals surface area contributed by atoms with Gasteiger partial charge < -0.3 is 14.6 Å². The van der Waals surface area contributed by atoms with Crippen LogP contribution in [0.1, 0.15) is 13.3 Å². The van der Waals surface area contributed by atoms with Crippen molar-refractivity contribution in [3.63, 3.8) is 0 Å². The Balaban J connectivity index is 2.01. The molecule has 0 heterocycles. The van der Waals surface area contributed by atoms with Crippen molar-refractivity contribution < 1.29 is 19.4 Å². The van der Waals surface area contributed by atoms with Gasteiger partial charge in [0.1, 0.15) is 5.75 Å². The molecule has 0 aliphatic heterocycles. The molecule has 4 heteroatoms. The third kappa shape index (κ3) is 3.48. The molecule has 0 spiro atoms. The van der Waals surface area contributed by atoms with Gasteiger partial charge in [-0.25, -0.2) is 4.79 Å². The molecule has 0 radical (unpaired) electrons. The summed E-state index contributed by atoms with van der Waals surface area (Å²) in [5, 5.41) is 11.1.